The van der Waals surface area contributed by atoms with Gasteiger partial charge in [-0.2, -0.15) is 9.98 Å². The van der Waals surface area contributed by atoms with E-state index in [0.29, 0.717) is 5.71 Å². The van der Waals surface area contributed by atoms with Crippen molar-refractivity contribution >= 4 is 23.8 Å². The quantitative estimate of drug-likeness (QED) is 0.473. The van der Waals surface area contributed by atoms with Gasteiger partial charge in [0.05, 0.1) is 6.21 Å². The Morgan fingerprint density at radius 3 is 3.20 bits per heavy atom. The van der Waals surface area contributed by atoms with Crippen molar-refractivity contribution in [1.29, 1.82) is 0 Å². The van der Waals surface area contributed by atoms with Gasteiger partial charge in [0.15, 0.2) is 5.71 Å². The molecule has 0 saturated carbocycles. The number of aliphatic imine (C=N–C) groups is 2. The van der Waals surface area contributed by atoms with Gasteiger partial charge >= 0.3 is 6.03 Å². The van der Waals surface area contributed by atoms with E-state index in [2.05, 4.69) is 25.4 Å². The SMILES string of the molecule is O=C1N=CC2=NN=NC2=N1. The van der Waals surface area contributed by atoms with Crippen LogP contribution in [0.1, 0.15) is 0 Å². The molecule has 0 aliphatic carbocycles. The topological polar surface area (TPSA) is 78.9 Å². The molecule has 2 aliphatic rings. The summed E-state index contributed by atoms with van der Waals surface area (Å²) in [6.07, 6.45) is 1.30. The van der Waals surface area contributed by atoms with E-state index in [1.54, 1.807) is 0 Å². The third kappa shape index (κ3) is 0.586. The zero-order chi connectivity index (χ0) is 6.97. The minimum atomic E-state index is -0.560. The average Bonchev–Trinajstić information content (AvgIpc) is 2.33. The molecule has 2 amide bonds. The third-order valence-corrected chi connectivity index (χ3v) is 1.02. The minimum absolute atomic E-state index is 0.250. The van der Waals surface area contributed by atoms with Crippen molar-refractivity contribution in [3.8, 4) is 0 Å². The summed E-state index contributed by atoms with van der Waals surface area (Å²) in [4.78, 5) is 17.3. The molecule has 0 radical (unpaired) electrons. The summed E-state index contributed by atoms with van der Waals surface area (Å²) >= 11 is 0. The molecule has 0 atom stereocenters. The predicted octanol–water partition coefficient (Wildman–Crippen LogP) is 0.411. The predicted molar refractivity (Wildman–Crippen MR) is 33.6 cm³/mol. The molecular weight excluding hydrogens is 134 g/mol. The number of hydrogen-bond donors (Lipinski definition) is 0. The summed E-state index contributed by atoms with van der Waals surface area (Å²) in [5.74, 6) is 0.250. The van der Waals surface area contributed by atoms with Gasteiger partial charge in [0, 0.05) is 0 Å². The Morgan fingerprint density at radius 2 is 2.30 bits per heavy atom. The number of amides is 2. The summed E-state index contributed by atoms with van der Waals surface area (Å²) in [7, 11) is 0. The van der Waals surface area contributed by atoms with Gasteiger partial charge in [-0.1, -0.05) is 0 Å². The zero-order valence-corrected chi connectivity index (χ0v) is 4.72. The maximum Gasteiger partial charge on any atom is 0.369 e. The summed E-state index contributed by atoms with van der Waals surface area (Å²) in [5, 5.41) is 10.3. The van der Waals surface area contributed by atoms with Crippen LogP contribution in [0.25, 0.3) is 0 Å². The normalized spacial score (nSPS) is 20.6. The van der Waals surface area contributed by atoms with Crippen LogP contribution in [0.5, 0.6) is 0 Å². The zero-order valence-electron chi connectivity index (χ0n) is 4.72. The van der Waals surface area contributed by atoms with Crippen LogP contribution >= 0.6 is 0 Å². The Kier molecular flexibility index (Phi) is 0.830. The Morgan fingerprint density at radius 1 is 1.40 bits per heavy atom. The first kappa shape index (κ1) is 5.10. The summed E-state index contributed by atoms with van der Waals surface area (Å²) in [5.41, 5.74) is 0.444. The molecule has 48 valence electrons. The molecule has 2 rings (SSSR count). The van der Waals surface area contributed by atoms with Gasteiger partial charge in [-0.15, -0.1) is 10.2 Å². The fraction of sp³-hybridized carbons (Fsp3) is 0. The molecule has 0 aromatic heterocycles. The highest BCUT2D eigenvalue weighted by Crippen LogP contribution is 2.02. The number of carbonyl (C=O) groups is 1. The molecule has 0 aromatic carbocycles. The molecule has 2 heterocycles. The molecule has 0 spiro atoms. The van der Waals surface area contributed by atoms with Crippen LogP contribution in [-0.4, -0.2) is 23.8 Å². The average molecular weight is 135 g/mol. The highest BCUT2D eigenvalue weighted by Gasteiger charge is 2.17. The van der Waals surface area contributed by atoms with Crippen molar-refractivity contribution in [3.05, 3.63) is 0 Å². The molecule has 0 N–H and O–H groups in total. The first-order chi connectivity index (χ1) is 4.86. The van der Waals surface area contributed by atoms with E-state index in [1.165, 1.54) is 6.21 Å². The monoisotopic (exact) mass is 135 g/mol. The second-order valence-electron chi connectivity index (χ2n) is 1.65. The molecule has 6 nitrogen and oxygen atoms in total. The highest BCUT2D eigenvalue weighted by atomic mass is 16.2. The van der Waals surface area contributed by atoms with Gasteiger partial charge in [-0.05, 0) is 5.22 Å². The van der Waals surface area contributed by atoms with Crippen LogP contribution < -0.4 is 0 Å². The van der Waals surface area contributed by atoms with Crippen molar-refractivity contribution in [1.82, 2.24) is 0 Å². The Balaban J connectivity index is 2.51. The lowest BCUT2D eigenvalue weighted by Gasteiger charge is -1.93. The van der Waals surface area contributed by atoms with E-state index in [-0.39, 0.29) is 5.84 Å². The number of rotatable bonds is 0. The number of fused-ring (bicyclic) bond motifs is 1. The van der Waals surface area contributed by atoms with Crippen LogP contribution in [0.2, 0.25) is 0 Å². The van der Waals surface area contributed by atoms with Gasteiger partial charge in [0.25, 0.3) is 0 Å². The second kappa shape index (κ2) is 1.63. The first-order valence-electron chi connectivity index (χ1n) is 2.52. The van der Waals surface area contributed by atoms with Crippen LogP contribution in [0.4, 0.5) is 4.79 Å². The summed E-state index contributed by atoms with van der Waals surface area (Å²) in [6.45, 7) is 0. The minimum Gasteiger partial charge on any atom is -0.244 e. The molecular formula is C4HN5O. The van der Waals surface area contributed by atoms with Crippen molar-refractivity contribution in [3.63, 3.8) is 0 Å². The lowest BCUT2D eigenvalue weighted by atomic mass is 10.3. The molecule has 6 heteroatoms. The van der Waals surface area contributed by atoms with E-state index in [9.17, 15) is 4.79 Å². The number of amidine groups is 1. The Labute approximate surface area is 55.1 Å². The van der Waals surface area contributed by atoms with Crippen molar-refractivity contribution in [2.45, 2.75) is 0 Å². The molecule has 0 unspecified atom stereocenters. The van der Waals surface area contributed by atoms with Crippen LogP contribution in [-0.2, 0) is 0 Å². The third-order valence-electron chi connectivity index (χ3n) is 1.02. The molecule has 0 aromatic rings. The van der Waals surface area contributed by atoms with E-state index < -0.39 is 6.03 Å². The maximum atomic E-state index is 10.5. The smallest absolute Gasteiger partial charge is 0.244 e. The van der Waals surface area contributed by atoms with E-state index in [4.69, 9.17) is 0 Å². The Hall–Kier alpha value is -1.72. The van der Waals surface area contributed by atoms with Crippen molar-refractivity contribution in [2.75, 3.05) is 0 Å². The largest absolute Gasteiger partial charge is 0.369 e. The number of carbonyl (C=O) groups excluding carboxylic acids is 1. The molecule has 10 heavy (non-hydrogen) atoms. The van der Waals surface area contributed by atoms with E-state index >= 15 is 0 Å². The van der Waals surface area contributed by atoms with Gasteiger partial charge in [0.2, 0.25) is 5.84 Å². The second-order valence-corrected chi connectivity index (χ2v) is 1.65. The van der Waals surface area contributed by atoms with E-state index in [0.717, 1.165) is 0 Å². The van der Waals surface area contributed by atoms with Crippen LogP contribution in [0.15, 0.2) is 25.4 Å². The molecule has 0 saturated heterocycles. The number of nitrogens with zero attached hydrogens (tertiary/aromatic N) is 5. The van der Waals surface area contributed by atoms with Gasteiger partial charge in [0.1, 0.15) is 0 Å². The fourth-order valence-corrected chi connectivity index (χ4v) is 0.608. The number of hydrogen-bond acceptors (Lipinski definition) is 4. The molecule has 2 aliphatic heterocycles. The lowest BCUT2D eigenvalue weighted by Crippen LogP contribution is -2.16. The lowest BCUT2D eigenvalue weighted by molar-refractivity contribution is 0.257. The van der Waals surface area contributed by atoms with Crippen molar-refractivity contribution in [2.24, 2.45) is 25.4 Å². The van der Waals surface area contributed by atoms with Gasteiger partial charge < -0.3 is 0 Å². The molecule has 0 bridgehead atoms. The highest BCUT2D eigenvalue weighted by molar-refractivity contribution is 6.65. The molecule has 0 fully saturated rings. The summed E-state index contributed by atoms with van der Waals surface area (Å²) < 4.78 is 0. The standard InChI is InChI=1S/C4HN5O/c10-4-5-1-2-3(6-4)8-9-7-2/h1H. The van der Waals surface area contributed by atoms with Gasteiger partial charge in [-0.3, -0.25) is 0 Å². The van der Waals surface area contributed by atoms with E-state index in [1.807, 2.05) is 0 Å². The fourth-order valence-electron chi connectivity index (χ4n) is 0.608. The maximum absolute atomic E-state index is 10.5. The number of urea groups is 1. The Bertz CT molecular complexity index is 310. The first-order valence-corrected chi connectivity index (χ1v) is 2.52. The summed E-state index contributed by atoms with van der Waals surface area (Å²) in [6, 6.07) is -0.560. The van der Waals surface area contributed by atoms with Gasteiger partial charge in [-0.25, -0.2) is 4.79 Å². The van der Waals surface area contributed by atoms with Crippen LogP contribution in [0, 0.1) is 0 Å². The van der Waals surface area contributed by atoms with Crippen LogP contribution in [0.3, 0.4) is 0 Å². The van der Waals surface area contributed by atoms with Crippen molar-refractivity contribution < 1.29 is 4.79 Å².